The fraction of sp³-hybridized carbons (Fsp3) is 1.00. The molecule has 10 heavy (non-hydrogen) atoms. The average Bonchev–Trinajstić information content (AvgIpc) is 1.80. The summed E-state index contributed by atoms with van der Waals surface area (Å²) in [7, 11) is 0. The highest BCUT2D eigenvalue weighted by Crippen LogP contribution is 2.21. The Morgan fingerprint density at radius 3 is 2.20 bits per heavy atom. The third kappa shape index (κ3) is 3.71. The molecule has 0 aliphatic rings. The molecular weight excluding hydrogens is 143 g/mol. The van der Waals surface area contributed by atoms with E-state index in [2.05, 4.69) is 0 Å². The first kappa shape index (κ1) is 9.75. The Hall–Kier alpha value is -0.250. The number of alkyl halides is 3. The van der Waals surface area contributed by atoms with E-state index in [1.54, 1.807) is 0 Å². The van der Waals surface area contributed by atoms with Crippen molar-refractivity contribution in [3.05, 3.63) is 0 Å². The van der Waals surface area contributed by atoms with Crippen molar-refractivity contribution in [1.82, 2.24) is 0 Å². The molecule has 0 saturated carbocycles. The van der Waals surface area contributed by atoms with Crippen molar-refractivity contribution in [3.8, 4) is 0 Å². The summed E-state index contributed by atoms with van der Waals surface area (Å²) >= 11 is 0. The highest BCUT2D eigenvalue weighted by molar-refractivity contribution is 4.69. The van der Waals surface area contributed by atoms with E-state index in [0.717, 1.165) is 6.42 Å². The van der Waals surface area contributed by atoms with Crippen molar-refractivity contribution in [3.63, 3.8) is 0 Å². The zero-order valence-corrected chi connectivity index (χ0v) is 5.91. The summed E-state index contributed by atoms with van der Waals surface area (Å²) in [4.78, 5) is 0. The molecule has 0 aromatic rings. The summed E-state index contributed by atoms with van der Waals surface area (Å²) in [5, 5.41) is 0. The van der Waals surface area contributed by atoms with Gasteiger partial charge in [-0.25, -0.2) is 0 Å². The average molecular weight is 155 g/mol. The molecule has 1 nitrogen and oxygen atoms in total. The van der Waals surface area contributed by atoms with Crippen molar-refractivity contribution < 1.29 is 13.2 Å². The number of rotatable bonds is 3. The van der Waals surface area contributed by atoms with Gasteiger partial charge in [0, 0.05) is 0 Å². The molecule has 62 valence electrons. The van der Waals surface area contributed by atoms with E-state index in [0.29, 0.717) is 6.42 Å². The van der Waals surface area contributed by atoms with Crippen LogP contribution in [-0.4, -0.2) is 12.2 Å². The first-order valence-corrected chi connectivity index (χ1v) is 3.30. The Morgan fingerprint density at radius 2 is 1.90 bits per heavy atom. The number of unbranched alkanes of at least 4 members (excludes halogenated alkanes) is 1. The molecular formula is C6H12F3N. The van der Waals surface area contributed by atoms with Gasteiger partial charge in [-0.3, -0.25) is 0 Å². The van der Waals surface area contributed by atoms with Crippen LogP contribution in [0.1, 0.15) is 26.2 Å². The van der Waals surface area contributed by atoms with E-state index >= 15 is 0 Å². The van der Waals surface area contributed by atoms with E-state index in [1.165, 1.54) is 0 Å². The second-order valence-electron chi connectivity index (χ2n) is 2.29. The van der Waals surface area contributed by atoms with Gasteiger partial charge in [-0.05, 0) is 6.42 Å². The molecule has 1 unspecified atom stereocenters. The van der Waals surface area contributed by atoms with E-state index in [9.17, 15) is 13.2 Å². The van der Waals surface area contributed by atoms with E-state index < -0.39 is 12.2 Å². The second-order valence-corrected chi connectivity index (χ2v) is 2.29. The van der Waals surface area contributed by atoms with E-state index in [4.69, 9.17) is 5.73 Å². The van der Waals surface area contributed by atoms with Crippen LogP contribution < -0.4 is 5.73 Å². The Balaban J connectivity index is 3.52. The van der Waals surface area contributed by atoms with Crippen molar-refractivity contribution in [1.29, 1.82) is 0 Å². The minimum Gasteiger partial charge on any atom is -0.320 e. The van der Waals surface area contributed by atoms with Gasteiger partial charge in [-0.1, -0.05) is 19.8 Å². The van der Waals surface area contributed by atoms with Crippen LogP contribution in [-0.2, 0) is 0 Å². The fourth-order valence-corrected chi connectivity index (χ4v) is 0.588. The van der Waals surface area contributed by atoms with Crippen molar-refractivity contribution in [2.45, 2.75) is 38.4 Å². The van der Waals surface area contributed by atoms with E-state index in [1.807, 2.05) is 6.92 Å². The molecule has 0 heterocycles. The van der Waals surface area contributed by atoms with Crippen molar-refractivity contribution in [2.24, 2.45) is 5.73 Å². The minimum absolute atomic E-state index is 0.0417. The van der Waals surface area contributed by atoms with Gasteiger partial charge in [0.25, 0.3) is 0 Å². The lowest BCUT2D eigenvalue weighted by Gasteiger charge is -2.14. The Labute approximate surface area is 58.4 Å². The largest absolute Gasteiger partial charge is 0.403 e. The number of hydrogen-bond donors (Lipinski definition) is 1. The summed E-state index contributed by atoms with van der Waals surface area (Å²) in [6.45, 7) is 1.84. The summed E-state index contributed by atoms with van der Waals surface area (Å²) in [5.41, 5.74) is 4.81. The molecule has 1 atom stereocenters. The molecule has 0 rings (SSSR count). The predicted molar refractivity (Wildman–Crippen MR) is 33.6 cm³/mol. The van der Waals surface area contributed by atoms with Gasteiger partial charge in [-0.15, -0.1) is 0 Å². The molecule has 0 aliphatic carbocycles. The number of nitrogens with two attached hydrogens (primary N) is 1. The summed E-state index contributed by atoms with van der Waals surface area (Å²) in [6, 6.07) is -1.63. The molecule has 0 fully saturated rings. The van der Waals surface area contributed by atoms with Crippen molar-refractivity contribution in [2.75, 3.05) is 0 Å². The third-order valence-electron chi connectivity index (χ3n) is 1.29. The lowest BCUT2D eigenvalue weighted by atomic mass is 10.1. The normalized spacial score (nSPS) is 15.3. The van der Waals surface area contributed by atoms with Crippen molar-refractivity contribution >= 4 is 0 Å². The molecule has 0 aliphatic heterocycles. The smallest absolute Gasteiger partial charge is 0.320 e. The minimum atomic E-state index is -4.21. The Kier molecular flexibility index (Phi) is 3.71. The van der Waals surface area contributed by atoms with Crippen LogP contribution in [0.5, 0.6) is 0 Å². The van der Waals surface area contributed by atoms with Crippen LogP contribution in [0.25, 0.3) is 0 Å². The molecule has 2 N–H and O–H groups in total. The van der Waals surface area contributed by atoms with E-state index in [-0.39, 0.29) is 6.42 Å². The monoisotopic (exact) mass is 155 g/mol. The molecule has 0 spiro atoms. The summed E-state index contributed by atoms with van der Waals surface area (Å²) in [5.74, 6) is 0. The molecule has 4 heteroatoms. The summed E-state index contributed by atoms with van der Waals surface area (Å²) in [6.07, 6.45) is -2.88. The van der Waals surface area contributed by atoms with Crippen LogP contribution in [0.3, 0.4) is 0 Å². The molecule has 0 amide bonds. The highest BCUT2D eigenvalue weighted by Gasteiger charge is 2.35. The van der Waals surface area contributed by atoms with Gasteiger partial charge in [0.05, 0.1) is 0 Å². The SMILES string of the molecule is CCCCC(N)C(F)(F)F. The highest BCUT2D eigenvalue weighted by atomic mass is 19.4. The first-order chi connectivity index (χ1) is 4.48. The maximum absolute atomic E-state index is 11.6. The first-order valence-electron chi connectivity index (χ1n) is 3.30. The number of halogens is 3. The van der Waals surface area contributed by atoms with Crippen LogP contribution in [0.2, 0.25) is 0 Å². The maximum atomic E-state index is 11.6. The molecule has 0 bridgehead atoms. The molecule has 0 radical (unpaired) electrons. The predicted octanol–water partition coefficient (Wildman–Crippen LogP) is 2.07. The zero-order valence-electron chi connectivity index (χ0n) is 5.91. The van der Waals surface area contributed by atoms with Crippen LogP contribution >= 0.6 is 0 Å². The van der Waals surface area contributed by atoms with Crippen LogP contribution in [0, 0.1) is 0 Å². The van der Waals surface area contributed by atoms with Gasteiger partial charge >= 0.3 is 6.18 Å². The Morgan fingerprint density at radius 1 is 1.40 bits per heavy atom. The molecule has 0 aromatic carbocycles. The molecule has 0 aromatic heterocycles. The lowest BCUT2D eigenvalue weighted by Crippen LogP contribution is -2.36. The summed E-state index contributed by atoms with van der Waals surface area (Å²) < 4.78 is 34.9. The topological polar surface area (TPSA) is 26.0 Å². The quantitative estimate of drug-likeness (QED) is 0.663. The third-order valence-corrected chi connectivity index (χ3v) is 1.29. The van der Waals surface area contributed by atoms with Gasteiger partial charge in [-0.2, -0.15) is 13.2 Å². The standard InChI is InChI=1S/C6H12F3N/c1-2-3-4-5(10)6(7,8)9/h5H,2-4,10H2,1H3. The number of hydrogen-bond acceptors (Lipinski definition) is 1. The van der Waals surface area contributed by atoms with Gasteiger partial charge in [0.2, 0.25) is 0 Å². The lowest BCUT2D eigenvalue weighted by molar-refractivity contribution is -0.149. The van der Waals surface area contributed by atoms with Crippen LogP contribution in [0.4, 0.5) is 13.2 Å². The fourth-order valence-electron chi connectivity index (χ4n) is 0.588. The zero-order chi connectivity index (χ0) is 8.20. The molecule has 0 saturated heterocycles. The van der Waals surface area contributed by atoms with Crippen LogP contribution in [0.15, 0.2) is 0 Å². The van der Waals surface area contributed by atoms with Gasteiger partial charge in [0.1, 0.15) is 6.04 Å². The van der Waals surface area contributed by atoms with Gasteiger partial charge in [0.15, 0.2) is 0 Å². The Bertz CT molecular complexity index is 89.5. The maximum Gasteiger partial charge on any atom is 0.403 e. The van der Waals surface area contributed by atoms with Gasteiger partial charge < -0.3 is 5.73 Å². The second kappa shape index (κ2) is 3.81.